The van der Waals surface area contributed by atoms with Gasteiger partial charge in [-0.05, 0) is 19.4 Å². The first kappa shape index (κ1) is 24.1. The predicted molar refractivity (Wildman–Crippen MR) is 115 cm³/mol. The van der Waals surface area contributed by atoms with Crippen LogP contribution in [0, 0.1) is 0 Å². The monoisotopic (exact) mass is 464 g/mol. The highest BCUT2D eigenvalue weighted by molar-refractivity contribution is 6.02. The van der Waals surface area contributed by atoms with Gasteiger partial charge in [0.1, 0.15) is 5.39 Å². The Morgan fingerprint density at radius 3 is 2.33 bits per heavy atom. The van der Waals surface area contributed by atoms with E-state index in [4.69, 9.17) is 9.47 Å². The molecule has 1 aromatic carbocycles. The van der Waals surface area contributed by atoms with Gasteiger partial charge < -0.3 is 18.6 Å². The molecule has 0 N–H and O–H groups in total. The molecule has 0 radical (unpaired) electrons. The molecule has 2 aromatic heterocycles. The molecular formula is C23H23F3N2O5. The number of ketones is 1. The third kappa shape index (κ3) is 4.94. The quantitative estimate of drug-likeness (QED) is 0.373. The second-order valence-corrected chi connectivity index (χ2v) is 7.29. The summed E-state index contributed by atoms with van der Waals surface area (Å²) in [6.45, 7) is 1.30. The first-order valence-corrected chi connectivity index (χ1v) is 10.3. The summed E-state index contributed by atoms with van der Waals surface area (Å²) in [7, 11) is 1.44. The molecule has 7 nitrogen and oxygen atoms in total. The van der Waals surface area contributed by atoms with E-state index in [1.807, 2.05) is 0 Å². The molecule has 0 saturated heterocycles. The number of esters is 1. The van der Waals surface area contributed by atoms with Gasteiger partial charge in [0.15, 0.2) is 23.8 Å². The van der Waals surface area contributed by atoms with Crippen molar-refractivity contribution in [3.05, 3.63) is 63.7 Å². The summed E-state index contributed by atoms with van der Waals surface area (Å²) in [4.78, 5) is 38.7. The lowest BCUT2D eigenvalue weighted by Crippen LogP contribution is -2.28. The Labute approximate surface area is 187 Å². The van der Waals surface area contributed by atoms with Crippen molar-refractivity contribution in [1.82, 2.24) is 9.13 Å². The summed E-state index contributed by atoms with van der Waals surface area (Å²) < 4.78 is 51.1. The fourth-order valence-corrected chi connectivity index (χ4v) is 3.60. The molecule has 176 valence electrons. The van der Waals surface area contributed by atoms with Gasteiger partial charge in [-0.3, -0.25) is 9.59 Å². The van der Waals surface area contributed by atoms with Crippen molar-refractivity contribution < 1.29 is 32.2 Å². The maximum absolute atomic E-state index is 13.5. The van der Waals surface area contributed by atoms with Crippen molar-refractivity contribution in [2.24, 2.45) is 7.05 Å². The Bertz CT molecular complexity index is 1240. The molecule has 10 heteroatoms. The highest BCUT2D eigenvalue weighted by atomic mass is 19.4. The topological polar surface area (TPSA) is 79.5 Å². The molecule has 0 atom stereocenters. The Hall–Kier alpha value is -3.56. The lowest BCUT2D eigenvalue weighted by Gasteiger charge is -2.13. The summed E-state index contributed by atoms with van der Waals surface area (Å²) in [6.07, 6.45) is -4.33. The average Bonchev–Trinajstić information content (AvgIpc) is 3.06. The molecular weight excluding hydrogens is 441 g/mol. The van der Waals surface area contributed by atoms with E-state index in [1.54, 1.807) is 50.2 Å². The highest BCUT2D eigenvalue weighted by Gasteiger charge is 2.33. The molecule has 0 unspecified atom stereocenters. The molecule has 3 aromatic rings. The van der Waals surface area contributed by atoms with Gasteiger partial charge in [0.25, 0.3) is 5.56 Å². The van der Waals surface area contributed by atoms with Gasteiger partial charge >= 0.3 is 12.1 Å². The summed E-state index contributed by atoms with van der Waals surface area (Å²) in [6, 6.07) is 9.90. The minimum Gasteiger partial charge on any atom is -0.481 e. The number of aromatic nitrogens is 2. The number of pyridine rings is 1. The number of carbonyl (C=O) groups is 2. The van der Waals surface area contributed by atoms with E-state index in [9.17, 15) is 27.6 Å². The van der Waals surface area contributed by atoms with Crippen LogP contribution >= 0.6 is 0 Å². The van der Waals surface area contributed by atoms with E-state index in [0.717, 1.165) is 0 Å². The summed E-state index contributed by atoms with van der Waals surface area (Å²) in [5.74, 6) is -1.78. The van der Waals surface area contributed by atoms with Crippen LogP contribution in [0.25, 0.3) is 10.9 Å². The van der Waals surface area contributed by atoms with Gasteiger partial charge in [0.05, 0.1) is 18.7 Å². The van der Waals surface area contributed by atoms with Crippen LogP contribution in [0.4, 0.5) is 13.2 Å². The van der Waals surface area contributed by atoms with E-state index in [-0.39, 0.29) is 35.5 Å². The van der Waals surface area contributed by atoms with Crippen LogP contribution in [-0.2, 0) is 24.8 Å². The van der Waals surface area contributed by atoms with Crippen molar-refractivity contribution in [3.63, 3.8) is 0 Å². The summed E-state index contributed by atoms with van der Waals surface area (Å²) in [5, 5.41) is -0.220. The van der Waals surface area contributed by atoms with Crippen LogP contribution in [0.5, 0.6) is 5.75 Å². The SMILES string of the molecule is CCOC(=O)c1c(OCC(F)(F)F)c2c(=O)n(CC(=O)c3ccccc3)c(CC)cc2n1C. The Morgan fingerprint density at radius 2 is 1.76 bits per heavy atom. The molecule has 0 bridgehead atoms. The van der Waals surface area contributed by atoms with Gasteiger partial charge in [0, 0.05) is 18.3 Å². The minimum absolute atomic E-state index is 0.0188. The summed E-state index contributed by atoms with van der Waals surface area (Å²) in [5.41, 5.74) is 0.0513. The Kier molecular flexibility index (Phi) is 6.95. The largest absolute Gasteiger partial charge is 0.481 e. The number of hydrogen-bond acceptors (Lipinski definition) is 5. The molecule has 0 aliphatic carbocycles. The highest BCUT2D eigenvalue weighted by Crippen LogP contribution is 2.33. The van der Waals surface area contributed by atoms with Crippen LogP contribution in [0.2, 0.25) is 0 Å². The van der Waals surface area contributed by atoms with E-state index in [0.29, 0.717) is 17.7 Å². The number of rotatable bonds is 8. The number of ether oxygens (including phenoxy) is 2. The van der Waals surface area contributed by atoms with Crippen molar-refractivity contribution in [1.29, 1.82) is 0 Å². The van der Waals surface area contributed by atoms with Crippen molar-refractivity contribution >= 4 is 22.7 Å². The lowest BCUT2D eigenvalue weighted by atomic mass is 10.1. The third-order valence-electron chi connectivity index (χ3n) is 5.11. The van der Waals surface area contributed by atoms with E-state index in [2.05, 4.69) is 0 Å². The minimum atomic E-state index is -4.69. The number of Topliss-reactive ketones (excluding diaryl/α,β-unsaturated/α-hetero) is 1. The fraction of sp³-hybridized carbons (Fsp3) is 0.348. The van der Waals surface area contributed by atoms with E-state index in [1.165, 1.54) is 16.2 Å². The Morgan fingerprint density at radius 1 is 1.09 bits per heavy atom. The number of nitrogens with zero attached hydrogens (tertiary/aromatic N) is 2. The zero-order chi connectivity index (χ0) is 24.3. The first-order chi connectivity index (χ1) is 15.6. The molecule has 3 rings (SSSR count). The molecule has 0 spiro atoms. The van der Waals surface area contributed by atoms with Crippen LogP contribution in [0.3, 0.4) is 0 Å². The molecule has 2 heterocycles. The number of halogens is 3. The number of benzene rings is 1. The molecule has 0 fully saturated rings. The average molecular weight is 464 g/mol. The number of fused-ring (bicyclic) bond motifs is 1. The zero-order valence-corrected chi connectivity index (χ0v) is 18.4. The van der Waals surface area contributed by atoms with Gasteiger partial charge in [-0.25, -0.2) is 4.79 Å². The second kappa shape index (κ2) is 9.51. The van der Waals surface area contributed by atoms with Crippen LogP contribution in [0.15, 0.2) is 41.2 Å². The standard InChI is InChI=1S/C23H23F3N2O5/c1-4-15-11-16-18(21(30)28(15)12-17(29)14-9-7-6-8-10-14)20(33-13-23(24,25)26)19(27(16)3)22(31)32-5-2/h6-11H,4-5,12-13H2,1-3H3. The molecule has 0 amide bonds. The van der Waals surface area contributed by atoms with Crippen LogP contribution < -0.4 is 10.3 Å². The number of carbonyl (C=O) groups excluding carboxylic acids is 2. The first-order valence-electron chi connectivity index (χ1n) is 10.3. The van der Waals surface area contributed by atoms with Crippen LogP contribution in [-0.4, -0.2) is 40.3 Å². The van der Waals surface area contributed by atoms with Crippen molar-refractivity contribution in [2.75, 3.05) is 13.2 Å². The van der Waals surface area contributed by atoms with Crippen LogP contribution in [0.1, 0.15) is 40.4 Å². The number of hydrogen-bond donors (Lipinski definition) is 0. The second-order valence-electron chi connectivity index (χ2n) is 7.29. The molecule has 0 aliphatic rings. The van der Waals surface area contributed by atoms with Crippen molar-refractivity contribution in [2.45, 2.75) is 33.0 Å². The molecule has 33 heavy (non-hydrogen) atoms. The van der Waals surface area contributed by atoms with Gasteiger partial charge in [-0.1, -0.05) is 37.3 Å². The summed E-state index contributed by atoms with van der Waals surface area (Å²) >= 11 is 0. The smallest absolute Gasteiger partial charge is 0.422 e. The van der Waals surface area contributed by atoms with E-state index >= 15 is 0 Å². The van der Waals surface area contributed by atoms with Gasteiger partial charge in [-0.2, -0.15) is 13.2 Å². The normalized spacial score (nSPS) is 11.6. The number of aryl methyl sites for hydroxylation is 2. The maximum atomic E-state index is 13.5. The molecule has 0 aliphatic heterocycles. The third-order valence-corrected chi connectivity index (χ3v) is 5.11. The number of alkyl halides is 3. The molecule has 0 saturated carbocycles. The maximum Gasteiger partial charge on any atom is 0.422 e. The van der Waals surface area contributed by atoms with Gasteiger partial charge in [-0.15, -0.1) is 0 Å². The predicted octanol–water partition coefficient (Wildman–Crippen LogP) is 3.90. The fourth-order valence-electron chi connectivity index (χ4n) is 3.60. The van der Waals surface area contributed by atoms with Gasteiger partial charge in [0.2, 0.25) is 0 Å². The lowest BCUT2D eigenvalue weighted by molar-refractivity contribution is -0.153. The van der Waals surface area contributed by atoms with Crippen molar-refractivity contribution in [3.8, 4) is 5.75 Å². The zero-order valence-electron chi connectivity index (χ0n) is 18.4. The Balaban J connectivity index is 2.23. The van der Waals surface area contributed by atoms with E-state index < -0.39 is 30.1 Å².